The maximum atomic E-state index is 2.22. The van der Waals surface area contributed by atoms with Gasteiger partial charge in [-0.3, -0.25) is 0 Å². The van der Waals surface area contributed by atoms with E-state index in [1.54, 1.807) is 0 Å². The molecule has 0 bridgehead atoms. The van der Waals surface area contributed by atoms with Crippen LogP contribution in [0.4, 0.5) is 5.69 Å². The minimum atomic E-state index is 1.02. The summed E-state index contributed by atoms with van der Waals surface area (Å²) in [6.45, 7) is 2.13. The first-order chi connectivity index (χ1) is 8.16. The summed E-state index contributed by atoms with van der Waals surface area (Å²) < 4.78 is 0. The Balaban J connectivity index is 2.26. The highest BCUT2D eigenvalue weighted by atomic mass is 15.1. The monoisotopic (exact) mass is 226 g/mol. The molecule has 1 N–H and O–H groups in total. The van der Waals surface area contributed by atoms with E-state index >= 15 is 0 Å². The average Bonchev–Trinajstić information content (AvgIpc) is 2.32. The molecule has 0 aliphatic heterocycles. The van der Waals surface area contributed by atoms with Crippen LogP contribution in [0.1, 0.15) is 16.7 Å². The van der Waals surface area contributed by atoms with Crippen molar-refractivity contribution in [2.24, 2.45) is 0 Å². The Kier molecular flexibility index (Phi) is 3.60. The normalized spacial score (nSPS) is 10.8. The molecule has 0 saturated heterocycles. The van der Waals surface area contributed by atoms with E-state index in [4.69, 9.17) is 0 Å². The van der Waals surface area contributed by atoms with Crippen LogP contribution in [0.3, 0.4) is 0 Å². The molecule has 0 amide bonds. The first-order valence-electron chi connectivity index (χ1n) is 6.11. The minimum absolute atomic E-state index is 1.02. The van der Waals surface area contributed by atoms with Crippen LogP contribution in [0, 0.1) is 6.92 Å². The van der Waals surface area contributed by atoms with Gasteiger partial charge >= 0.3 is 0 Å². The summed E-state index contributed by atoms with van der Waals surface area (Å²) in [5, 5.41) is 0. The van der Waals surface area contributed by atoms with Crippen molar-refractivity contribution in [2.45, 2.75) is 13.3 Å². The van der Waals surface area contributed by atoms with Gasteiger partial charge in [0.2, 0.25) is 0 Å². The molecule has 2 aromatic carbocycles. The molecule has 0 atom stereocenters. The maximum absolute atomic E-state index is 2.22. The maximum Gasteiger partial charge on any atom is 0.134 e. The van der Waals surface area contributed by atoms with Gasteiger partial charge in [0.25, 0.3) is 0 Å². The standard InChI is InChI=1S/C16H19N/c1-13-8-10-14(11-9-13)12-15-6-4-5-7-16(15)17(2)3/h4-11H,12H2,1-3H3/p+1. The van der Waals surface area contributed by atoms with Crippen molar-refractivity contribution in [1.29, 1.82) is 0 Å². The number of benzene rings is 2. The number of hydrogen-bond acceptors (Lipinski definition) is 0. The molecule has 0 unspecified atom stereocenters. The second kappa shape index (κ2) is 5.15. The Morgan fingerprint density at radius 1 is 0.882 bits per heavy atom. The fourth-order valence-electron chi connectivity index (χ4n) is 2.09. The van der Waals surface area contributed by atoms with Gasteiger partial charge in [-0.15, -0.1) is 0 Å². The molecule has 2 aromatic rings. The smallest absolute Gasteiger partial charge is 0.134 e. The Morgan fingerprint density at radius 3 is 2.18 bits per heavy atom. The molecular weight excluding hydrogens is 206 g/mol. The summed E-state index contributed by atoms with van der Waals surface area (Å²) in [5.41, 5.74) is 5.49. The van der Waals surface area contributed by atoms with E-state index in [-0.39, 0.29) is 0 Å². The van der Waals surface area contributed by atoms with Gasteiger partial charge in [0, 0.05) is 12.0 Å². The highest BCUT2D eigenvalue weighted by Crippen LogP contribution is 2.16. The van der Waals surface area contributed by atoms with Crippen LogP contribution in [0.5, 0.6) is 0 Å². The quantitative estimate of drug-likeness (QED) is 0.819. The van der Waals surface area contributed by atoms with Gasteiger partial charge in [0.05, 0.1) is 14.1 Å². The van der Waals surface area contributed by atoms with E-state index < -0.39 is 0 Å². The first kappa shape index (κ1) is 11.9. The van der Waals surface area contributed by atoms with Gasteiger partial charge in [-0.1, -0.05) is 48.0 Å². The molecule has 0 aliphatic rings. The lowest BCUT2D eigenvalue weighted by Gasteiger charge is -2.12. The van der Waals surface area contributed by atoms with Gasteiger partial charge < -0.3 is 4.90 Å². The molecule has 0 aromatic heterocycles. The van der Waals surface area contributed by atoms with Crippen molar-refractivity contribution >= 4 is 5.69 Å². The summed E-state index contributed by atoms with van der Waals surface area (Å²) in [6, 6.07) is 17.5. The van der Waals surface area contributed by atoms with E-state index in [9.17, 15) is 0 Å². The van der Waals surface area contributed by atoms with Crippen LogP contribution < -0.4 is 4.90 Å². The van der Waals surface area contributed by atoms with Crippen molar-refractivity contribution < 1.29 is 4.90 Å². The summed E-state index contributed by atoms with van der Waals surface area (Å²) in [4.78, 5) is 1.38. The van der Waals surface area contributed by atoms with Crippen molar-refractivity contribution in [3.8, 4) is 0 Å². The van der Waals surface area contributed by atoms with Gasteiger partial charge in [-0.25, -0.2) is 0 Å². The lowest BCUT2D eigenvalue weighted by molar-refractivity contribution is -0.786. The Bertz CT molecular complexity index is 483. The lowest BCUT2D eigenvalue weighted by Crippen LogP contribution is -3.00. The molecule has 1 nitrogen and oxygen atoms in total. The van der Waals surface area contributed by atoms with Crippen LogP contribution in [-0.4, -0.2) is 14.1 Å². The van der Waals surface area contributed by atoms with Gasteiger partial charge in [-0.2, -0.15) is 0 Å². The lowest BCUT2D eigenvalue weighted by atomic mass is 10.0. The minimum Gasteiger partial charge on any atom is -0.307 e. The molecule has 17 heavy (non-hydrogen) atoms. The largest absolute Gasteiger partial charge is 0.307 e. The average molecular weight is 226 g/mol. The molecule has 0 radical (unpaired) electrons. The van der Waals surface area contributed by atoms with E-state index in [1.807, 2.05) is 0 Å². The predicted octanol–water partition coefficient (Wildman–Crippen LogP) is 2.36. The molecule has 1 heteroatoms. The number of aryl methyl sites for hydroxylation is 1. The molecule has 0 spiro atoms. The Morgan fingerprint density at radius 2 is 1.53 bits per heavy atom. The zero-order chi connectivity index (χ0) is 12.3. The number of hydrogen-bond donors (Lipinski definition) is 1. The third kappa shape index (κ3) is 2.95. The number of nitrogens with one attached hydrogen (secondary N) is 1. The fourth-order valence-corrected chi connectivity index (χ4v) is 2.09. The van der Waals surface area contributed by atoms with Crippen LogP contribution >= 0.6 is 0 Å². The fraction of sp³-hybridized carbons (Fsp3) is 0.250. The second-order valence-corrected chi connectivity index (χ2v) is 4.82. The molecule has 0 heterocycles. The van der Waals surface area contributed by atoms with Crippen LogP contribution in [-0.2, 0) is 6.42 Å². The zero-order valence-electron chi connectivity index (χ0n) is 10.8. The number of quaternary nitrogens is 1. The van der Waals surface area contributed by atoms with Crippen LogP contribution in [0.2, 0.25) is 0 Å². The zero-order valence-corrected chi connectivity index (χ0v) is 10.8. The third-order valence-electron chi connectivity index (χ3n) is 3.07. The van der Waals surface area contributed by atoms with Crippen molar-refractivity contribution in [2.75, 3.05) is 14.1 Å². The highest BCUT2D eigenvalue weighted by Gasteiger charge is 2.08. The summed E-state index contributed by atoms with van der Waals surface area (Å²) in [5.74, 6) is 0. The molecule has 0 aliphatic carbocycles. The summed E-state index contributed by atoms with van der Waals surface area (Å²) >= 11 is 0. The van der Waals surface area contributed by atoms with Crippen molar-refractivity contribution in [1.82, 2.24) is 0 Å². The summed E-state index contributed by atoms with van der Waals surface area (Å²) in [7, 11) is 4.35. The van der Waals surface area contributed by atoms with Crippen molar-refractivity contribution in [3.05, 3.63) is 65.2 Å². The molecule has 0 saturated carbocycles. The second-order valence-electron chi connectivity index (χ2n) is 4.82. The van der Waals surface area contributed by atoms with E-state index in [0.29, 0.717) is 0 Å². The predicted molar refractivity (Wildman–Crippen MR) is 72.9 cm³/mol. The topological polar surface area (TPSA) is 4.44 Å². The van der Waals surface area contributed by atoms with E-state index in [1.165, 1.54) is 27.3 Å². The number of rotatable bonds is 3. The Hall–Kier alpha value is -1.60. The van der Waals surface area contributed by atoms with Crippen LogP contribution in [0.25, 0.3) is 0 Å². The molecular formula is C16H20N+. The Labute approximate surface area is 104 Å². The van der Waals surface area contributed by atoms with Crippen LogP contribution in [0.15, 0.2) is 48.5 Å². The van der Waals surface area contributed by atoms with E-state index in [0.717, 1.165) is 6.42 Å². The van der Waals surface area contributed by atoms with Gasteiger partial charge in [0.15, 0.2) is 0 Å². The molecule has 0 fully saturated rings. The highest BCUT2D eigenvalue weighted by molar-refractivity contribution is 5.42. The first-order valence-corrected chi connectivity index (χ1v) is 6.11. The van der Waals surface area contributed by atoms with Gasteiger partial charge in [0.1, 0.15) is 5.69 Å². The summed E-state index contributed by atoms with van der Waals surface area (Å²) in [6.07, 6.45) is 1.02. The molecule has 2 rings (SSSR count). The van der Waals surface area contributed by atoms with E-state index in [2.05, 4.69) is 69.6 Å². The SMILES string of the molecule is Cc1ccc(Cc2ccccc2[NH+](C)C)cc1. The van der Waals surface area contributed by atoms with Crippen molar-refractivity contribution in [3.63, 3.8) is 0 Å². The third-order valence-corrected chi connectivity index (χ3v) is 3.07. The molecule has 88 valence electrons. The number of para-hydroxylation sites is 1. The van der Waals surface area contributed by atoms with Gasteiger partial charge in [-0.05, 0) is 18.6 Å².